The largest absolute Gasteiger partial charge is 0.478 e. The second-order valence-corrected chi connectivity index (χ2v) is 4.67. The number of rotatable bonds is 3. The maximum absolute atomic E-state index is 11.3. The minimum absolute atomic E-state index is 0.110. The van der Waals surface area contributed by atoms with E-state index in [1.165, 1.54) is 6.20 Å². The first kappa shape index (κ1) is 12.5. The molecule has 1 N–H and O–H groups in total. The van der Waals surface area contributed by atoms with Crippen molar-refractivity contribution < 1.29 is 9.90 Å². The van der Waals surface area contributed by atoms with Crippen molar-refractivity contribution in [2.75, 3.05) is 18.0 Å². The van der Waals surface area contributed by atoms with Gasteiger partial charge in [-0.05, 0) is 25.0 Å². The molecule has 102 valence electrons. The molecule has 6 heteroatoms. The predicted molar refractivity (Wildman–Crippen MR) is 73.7 cm³/mol. The van der Waals surface area contributed by atoms with Crippen LogP contribution in [0.15, 0.2) is 30.7 Å². The minimum atomic E-state index is -1.02. The molecule has 1 fully saturated rings. The number of aromatic carboxylic acids is 1. The van der Waals surface area contributed by atoms with Crippen LogP contribution in [0.1, 0.15) is 23.2 Å². The highest BCUT2D eigenvalue weighted by atomic mass is 16.4. The zero-order valence-corrected chi connectivity index (χ0v) is 10.9. The molecule has 2 aromatic heterocycles. The Morgan fingerprint density at radius 2 is 1.90 bits per heavy atom. The number of pyridine rings is 1. The molecule has 1 aliphatic heterocycles. The van der Waals surface area contributed by atoms with Gasteiger partial charge in [-0.15, -0.1) is 0 Å². The predicted octanol–water partition coefficient (Wildman–Crippen LogP) is 1.84. The van der Waals surface area contributed by atoms with Crippen molar-refractivity contribution in [2.24, 2.45) is 0 Å². The van der Waals surface area contributed by atoms with Crippen molar-refractivity contribution in [1.29, 1.82) is 0 Å². The van der Waals surface area contributed by atoms with Gasteiger partial charge in [0.2, 0.25) is 5.95 Å². The lowest BCUT2D eigenvalue weighted by atomic mass is 10.1. The molecule has 2 aromatic rings. The molecule has 0 radical (unpaired) electrons. The number of carbonyl (C=O) groups is 1. The summed E-state index contributed by atoms with van der Waals surface area (Å²) in [5.41, 5.74) is 1.29. The Morgan fingerprint density at radius 1 is 1.20 bits per heavy atom. The summed E-state index contributed by atoms with van der Waals surface area (Å²) < 4.78 is 0. The van der Waals surface area contributed by atoms with Crippen molar-refractivity contribution in [3.05, 3.63) is 36.3 Å². The lowest BCUT2D eigenvalue weighted by Crippen LogP contribution is -2.21. The number of aromatic nitrogens is 3. The van der Waals surface area contributed by atoms with Gasteiger partial charge in [0.1, 0.15) is 5.56 Å². The van der Waals surface area contributed by atoms with E-state index in [-0.39, 0.29) is 5.56 Å². The van der Waals surface area contributed by atoms with E-state index in [1.54, 1.807) is 24.5 Å². The molecule has 1 aliphatic rings. The number of carboxylic acids is 1. The maximum Gasteiger partial charge on any atom is 0.339 e. The van der Waals surface area contributed by atoms with E-state index < -0.39 is 5.97 Å². The van der Waals surface area contributed by atoms with Gasteiger partial charge in [-0.2, -0.15) is 0 Å². The smallest absolute Gasteiger partial charge is 0.339 e. The van der Waals surface area contributed by atoms with Crippen LogP contribution in [0.4, 0.5) is 5.95 Å². The first-order chi connectivity index (χ1) is 9.75. The fourth-order valence-corrected chi connectivity index (χ4v) is 2.33. The number of hydrogen-bond acceptors (Lipinski definition) is 5. The Balaban J connectivity index is 2.08. The van der Waals surface area contributed by atoms with Gasteiger partial charge in [0, 0.05) is 37.2 Å². The molecule has 0 unspecified atom stereocenters. The number of nitrogens with zero attached hydrogens (tertiary/aromatic N) is 4. The molecule has 0 aliphatic carbocycles. The fourth-order valence-electron chi connectivity index (χ4n) is 2.33. The summed E-state index contributed by atoms with van der Waals surface area (Å²) >= 11 is 0. The third-order valence-corrected chi connectivity index (χ3v) is 3.35. The quantitative estimate of drug-likeness (QED) is 0.916. The van der Waals surface area contributed by atoms with Crippen molar-refractivity contribution in [2.45, 2.75) is 12.8 Å². The molecule has 3 rings (SSSR count). The Bertz CT molecular complexity index is 624. The number of anilines is 1. The molecule has 0 saturated carbocycles. The molecule has 6 nitrogen and oxygen atoms in total. The van der Waals surface area contributed by atoms with Gasteiger partial charge in [-0.25, -0.2) is 14.8 Å². The maximum atomic E-state index is 11.3. The van der Waals surface area contributed by atoms with Crippen molar-refractivity contribution in [1.82, 2.24) is 15.0 Å². The summed E-state index contributed by atoms with van der Waals surface area (Å²) in [6, 6.07) is 3.51. The summed E-state index contributed by atoms with van der Waals surface area (Å²) in [5, 5.41) is 9.27. The van der Waals surface area contributed by atoms with Gasteiger partial charge in [0.15, 0.2) is 0 Å². The fraction of sp³-hybridized carbons (Fsp3) is 0.286. The van der Waals surface area contributed by atoms with Gasteiger partial charge in [-0.1, -0.05) is 0 Å². The van der Waals surface area contributed by atoms with E-state index >= 15 is 0 Å². The zero-order valence-electron chi connectivity index (χ0n) is 10.9. The van der Waals surface area contributed by atoms with Gasteiger partial charge in [0.25, 0.3) is 0 Å². The van der Waals surface area contributed by atoms with E-state index in [2.05, 4.69) is 19.9 Å². The Kier molecular flexibility index (Phi) is 3.28. The minimum Gasteiger partial charge on any atom is -0.478 e. The van der Waals surface area contributed by atoms with Crippen LogP contribution >= 0.6 is 0 Å². The molecule has 1 saturated heterocycles. The lowest BCUT2D eigenvalue weighted by Gasteiger charge is -2.16. The monoisotopic (exact) mass is 270 g/mol. The molecule has 20 heavy (non-hydrogen) atoms. The second-order valence-electron chi connectivity index (χ2n) is 4.67. The van der Waals surface area contributed by atoms with Crippen LogP contribution in [-0.2, 0) is 0 Å². The van der Waals surface area contributed by atoms with E-state index in [1.807, 2.05) is 0 Å². The molecule has 3 heterocycles. The highest BCUT2D eigenvalue weighted by Gasteiger charge is 2.20. The van der Waals surface area contributed by atoms with Crippen LogP contribution in [0.3, 0.4) is 0 Å². The summed E-state index contributed by atoms with van der Waals surface area (Å²) in [6.45, 7) is 1.84. The average molecular weight is 270 g/mol. The number of hydrogen-bond donors (Lipinski definition) is 1. The van der Waals surface area contributed by atoms with Crippen molar-refractivity contribution in [3.63, 3.8) is 0 Å². The second kappa shape index (κ2) is 5.24. The lowest BCUT2D eigenvalue weighted by molar-refractivity contribution is 0.0697. The average Bonchev–Trinajstić information content (AvgIpc) is 3.02. The Morgan fingerprint density at radius 3 is 2.55 bits per heavy atom. The van der Waals surface area contributed by atoms with Crippen LogP contribution < -0.4 is 4.90 Å². The number of carboxylic acid groups (broad SMARTS) is 1. The van der Waals surface area contributed by atoms with E-state index in [4.69, 9.17) is 0 Å². The highest BCUT2D eigenvalue weighted by molar-refractivity contribution is 5.94. The van der Waals surface area contributed by atoms with E-state index in [0.717, 1.165) is 31.5 Å². The molecule has 0 bridgehead atoms. The van der Waals surface area contributed by atoms with Crippen LogP contribution in [0.25, 0.3) is 11.3 Å². The van der Waals surface area contributed by atoms with E-state index in [9.17, 15) is 9.90 Å². The van der Waals surface area contributed by atoms with Crippen LogP contribution in [0.5, 0.6) is 0 Å². The third kappa shape index (κ3) is 2.32. The highest BCUT2D eigenvalue weighted by Crippen LogP contribution is 2.24. The SMILES string of the molecule is O=C(O)c1cnc(N2CCCC2)nc1-c1ccncc1. The van der Waals surface area contributed by atoms with Gasteiger partial charge >= 0.3 is 5.97 Å². The van der Waals surface area contributed by atoms with Gasteiger partial charge in [-0.3, -0.25) is 4.98 Å². The first-order valence-corrected chi connectivity index (χ1v) is 6.51. The standard InChI is InChI=1S/C14H14N4O2/c19-13(20)11-9-16-14(18-7-1-2-8-18)17-12(11)10-3-5-15-6-4-10/h3-6,9H,1-2,7-8H2,(H,19,20). The molecule has 0 spiro atoms. The Labute approximate surface area is 116 Å². The first-order valence-electron chi connectivity index (χ1n) is 6.51. The van der Waals surface area contributed by atoms with Crippen molar-refractivity contribution in [3.8, 4) is 11.3 Å². The van der Waals surface area contributed by atoms with E-state index in [0.29, 0.717) is 11.6 Å². The molecule has 0 atom stereocenters. The summed E-state index contributed by atoms with van der Waals surface area (Å²) in [7, 11) is 0. The normalized spacial score (nSPS) is 14.5. The van der Waals surface area contributed by atoms with Gasteiger partial charge < -0.3 is 10.0 Å². The topological polar surface area (TPSA) is 79.2 Å². The summed E-state index contributed by atoms with van der Waals surface area (Å²) in [4.78, 5) is 26.0. The third-order valence-electron chi connectivity index (χ3n) is 3.35. The molecule has 0 amide bonds. The van der Waals surface area contributed by atoms with Crippen LogP contribution in [-0.4, -0.2) is 39.1 Å². The Hall–Kier alpha value is -2.50. The molecular formula is C14H14N4O2. The molecular weight excluding hydrogens is 256 g/mol. The summed E-state index contributed by atoms with van der Waals surface area (Å²) in [6.07, 6.45) is 6.87. The van der Waals surface area contributed by atoms with Crippen LogP contribution in [0.2, 0.25) is 0 Å². The van der Waals surface area contributed by atoms with Crippen LogP contribution in [0, 0.1) is 0 Å². The summed E-state index contributed by atoms with van der Waals surface area (Å²) in [5.74, 6) is -0.427. The zero-order chi connectivity index (χ0) is 13.9. The molecule has 0 aromatic carbocycles. The van der Waals surface area contributed by atoms with Gasteiger partial charge in [0.05, 0.1) is 5.69 Å². The van der Waals surface area contributed by atoms with Crippen molar-refractivity contribution >= 4 is 11.9 Å².